The van der Waals surface area contributed by atoms with Crippen LogP contribution < -0.4 is 4.74 Å². The van der Waals surface area contributed by atoms with Gasteiger partial charge in [0.05, 0.1) is 0 Å². The number of rotatable bonds is 6. The second-order valence-corrected chi connectivity index (χ2v) is 6.87. The molecule has 0 spiro atoms. The maximum atomic E-state index is 12.9. The summed E-state index contributed by atoms with van der Waals surface area (Å²) >= 11 is 0. The lowest BCUT2D eigenvalue weighted by molar-refractivity contribution is -0.140. The Bertz CT molecular complexity index is 709. The molecule has 2 aromatic carbocycles. The molecule has 1 fully saturated rings. The van der Waals surface area contributed by atoms with Crippen molar-refractivity contribution in [1.29, 1.82) is 0 Å². The monoisotopic (exact) mass is 352 g/mol. The highest BCUT2D eigenvalue weighted by molar-refractivity contribution is 5.81. The summed E-state index contributed by atoms with van der Waals surface area (Å²) in [5.41, 5.74) is 2.38. The van der Waals surface area contributed by atoms with Gasteiger partial charge in [-0.15, -0.1) is 0 Å². The van der Waals surface area contributed by atoms with E-state index in [-0.39, 0.29) is 5.91 Å². The summed E-state index contributed by atoms with van der Waals surface area (Å²) in [6, 6.07) is 18.4. The summed E-state index contributed by atoms with van der Waals surface area (Å²) in [5.74, 6) is 0.908. The number of carbonyl (C=O) groups excluding carboxylic acids is 1. The van der Waals surface area contributed by atoms with Crippen LogP contribution >= 0.6 is 0 Å². The van der Waals surface area contributed by atoms with Crippen LogP contribution in [0.15, 0.2) is 54.6 Å². The van der Waals surface area contributed by atoms with Crippen LogP contribution in [0.5, 0.6) is 5.75 Å². The molecular weight excluding hydrogens is 324 g/mol. The molecule has 0 radical (unpaired) electrons. The minimum atomic E-state index is -0.406. The van der Waals surface area contributed by atoms with Crippen molar-refractivity contribution in [3.63, 3.8) is 0 Å². The molecular formula is C22H28N2O2. The Morgan fingerprint density at radius 1 is 1.00 bits per heavy atom. The van der Waals surface area contributed by atoms with Crippen LogP contribution in [0.4, 0.5) is 0 Å². The lowest BCUT2D eigenvalue weighted by Crippen LogP contribution is -2.52. The Balaban J connectivity index is 1.54. The molecule has 4 heteroatoms. The minimum Gasteiger partial charge on any atom is -0.480 e. The number of para-hydroxylation sites is 1. The first-order valence-electron chi connectivity index (χ1n) is 9.44. The molecule has 3 rings (SSSR count). The van der Waals surface area contributed by atoms with Crippen LogP contribution in [0.25, 0.3) is 0 Å². The molecule has 0 bridgehead atoms. The fraction of sp³-hybridized carbons (Fsp3) is 0.409. The number of carbonyl (C=O) groups is 1. The standard InChI is InChI=1S/C22H28N2O2/c1-3-20(26-21-12-8-7-9-18(21)2)22(25)24-15-13-23(14-16-24)17-19-10-5-4-6-11-19/h4-12,20H,3,13-17H2,1-2H3/t20-/m1/s1. The molecule has 1 atom stereocenters. The highest BCUT2D eigenvalue weighted by Crippen LogP contribution is 2.20. The van der Waals surface area contributed by atoms with E-state index in [1.165, 1.54) is 5.56 Å². The number of amides is 1. The molecule has 0 aromatic heterocycles. The van der Waals surface area contributed by atoms with E-state index in [2.05, 4.69) is 29.2 Å². The Hall–Kier alpha value is -2.33. The zero-order valence-electron chi connectivity index (χ0n) is 15.7. The van der Waals surface area contributed by atoms with Crippen molar-refractivity contribution in [2.24, 2.45) is 0 Å². The van der Waals surface area contributed by atoms with E-state index in [0.29, 0.717) is 6.42 Å². The van der Waals surface area contributed by atoms with Crippen LogP contribution in [0.3, 0.4) is 0 Å². The van der Waals surface area contributed by atoms with E-state index in [4.69, 9.17) is 4.74 Å². The summed E-state index contributed by atoms with van der Waals surface area (Å²) in [6.45, 7) is 8.29. The van der Waals surface area contributed by atoms with Crippen molar-refractivity contribution in [2.45, 2.75) is 32.9 Å². The largest absolute Gasteiger partial charge is 0.480 e. The maximum absolute atomic E-state index is 12.9. The highest BCUT2D eigenvalue weighted by Gasteiger charge is 2.28. The fourth-order valence-corrected chi connectivity index (χ4v) is 3.32. The van der Waals surface area contributed by atoms with Crippen molar-refractivity contribution < 1.29 is 9.53 Å². The Kier molecular flexibility index (Phi) is 6.29. The summed E-state index contributed by atoms with van der Waals surface area (Å²) in [7, 11) is 0. The van der Waals surface area contributed by atoms with Crippen LogP contribution in [0.1, 0.15) is 24.5 Å². The van der Waals surface area contributed by atoms with E-state index in [9.17, 15) is 4.79 Å². The SMILES string of the molecule is CC[C@@H](Oc1ccccc1C)C(=O)N1CCN(Cc2ccccc2)CC1. The van der Waals surface area contributed by atoms with Gasteiger partial charge in [-0.2, -0.15) is 0 Å². The van der Waals surface area contributed by atoms with Gasteiger partial charge >= 0.3 is 0 Å². The summed E-state index contributed by atoms with van der Waals surface area (Å²) in [5, 5.41) is 0. The van der Waals surface area contributed by atoms with Gasteiger partial charge in [-0.05, 0) is 30.5 Å². The third kappa shape index (κ3) is 4.64. The van der Waals surface area contributed by atoms with Crippen molar-refractivity contribution in [2.75, 3.05) is 26.2 Å². The van der Waals surface area contributed by atoms with E-state index >= 15 is 0 Å². The van der Waals surface area contributed by atoms with Crippen LogP contribution in [-0.2, 0) is 11.3 Å². The third-order valence-electron chi connectivity index (χ3n) is 4.94. The molecule has 0 N–H and O–H groups in total. The molecule has 26 heavy (non-hydrogen) atoms. The van der Waals surface area contributed by atoms with E-state index in [1.807, 2.05) is 49.1 Å². The lowest BCUT2D eigenvalue weighted by Gasteiger charge is -2.36. The first-order valence-corrected chi connectivity index (χ1v) is 9.44. The van der Waals surface area contributed by atoms with Gasteiger partial charge in [0.25, 0.3) is 5.91 Å². The molecule has 4 nitrogen and oxygen atoms in total. The molecule has 0 aliphatic carbocycles. The van der Waals surface area contributed by atoms with Crippen LogP contribution in [0, 0.1) is 6.92 Å². The average molecular weight is 352 g/mol. The summed E-state index contributed by atoms with van der Waals surface area (Å²) in [4.78, 5) is 17.2. The van der Waals surface area contributed by atoms with Gasteiger partial charge in [0, 0.05) is 32.7 Å². The zero-order chi connectivity index (χ0) is 18.4. The molecule has 1 saturated heterocycles. The topological polar surface area (TPSA) is 32.8 Å². The molecule has 1 aliphatic heterocycles. The normalized spacial score (nSPS) is 16.3. The molecule has 1 heterocycles. The Morgan fingerprint density at radius 2 is 1.65 bits per heavy atom. The number of hydrogen-bond acceptors (Lipinski definition) is 3. The second kappa shape index (κ2) is 8.86. The predicted molar refractivity (Wildman–Crippen MR) is 104 cm³/mol. The van der Waals surface area contributed by atoms with Gasteiger partial charge in [0.2, 0.25) is 0 Å². The second-order valence-electron chi connectivity index (χ2n) is 6.87. The van der Waals surface area contributed by atoms with E-state index in [1.54, 1.807) is 0 Å². The molecule has 0 saturated carbocycles. The summed E-state index contributed by atoms with van der Waals surface area (Å²) < 4.78 is 6.03. The van der Waals surface area contributed by atoms with Gasteiger partial charge < -0.3 is 9.64 Å². The number of hydrogen-bond donors (Lipinski definition) is 0. The molecule has 2 aromatic rings. The lowest BCUT2D eigenvalue weighted by atomic mass is 10.1. The van der Waals surface area contributed by atoms with E-state index < -0.39 is 6.10 Å². The van der Waals surface area contributed by atoms with Gasteiger partial charge in [0.15, 0.2) is 6.10 Å². The smallest absolute Gasteiger partial charge is 0.263 e. The molecule has 1 aliphatic rings. The zero-order valence-corrected chi connectivity index (χ0v) is 15.7. The van der Waals surface area contributed by atoms with Crippen molar-refractivity contribution in [3.05, 3.63) is 65.7 Å². The predicted octanol–water partition coefficient (Wildman–Crippen LogP) is 3.50. The Morgan fingerprint density at radius 3 is 2.31 bits per heavy atom. The van der Waals surface area contributed by atoms with Crippen molar-refractivity contribution in [1.82, 2.24) is 9.80 Å². The van der Waals surface area contributed by atoms with Crippen LogP contribution in [-0.4, -0.2) is 48.0 Å². The van der Waals surface area contributed by atoms with E-state index in [0.717, 1.165) is 44.0 Å². The molecule has 0 unspecified atom stereocenters. The third-order valence-corrected chi connectivity index (χ3v) is 4.94. The molecule has 1 amide bonds. The first-order chi connectivity index (χ1) is 12.7. The minimum absolute atomic E-state index is 0.107. The average Bonchev–Trinajstić information content (AvgIpc) is 2.68. The first kappa shape index (κ1) is 18.5. The van der Waals surface area contributed by atoms with Crippen LogP contribution in [0.2, 0.25) is 0 Å². The number of benzene rings is 2. The van der Waals surface area contributed by atoms with Crippen molar-refractivity contribution >= 4 is 5.91 Å². The quantitative estimate of drug-likeness (QED) is 0.798. The number of piperazine rings is 1. The Labute approximate surface area is 156 Å². The maximum Gasteiger partial charge on any atom is 0.263 e. The number of aryl methyl sites for hydroxylation is 1. The van der Waals surface area contributed by atoms with Gasteiger partial charge in [-0.1, -0.05) is 55.5 Å². The van der Waals surface area contributed by atoms with Crippen molar-refractivity contribution in [3.8, 4) is 5.75 Å². The fourth-order valence-electron chi connectivity index (χ4n) is 3.32. The van der Waals surface area contributed by atoms with Gasteiger partial charge in [0.1, 0.15) is 5.75 Å². The highest BCUT2D eigenvalue weighted by atomic mass is 16.5. The van der Waals surface area contributed by atoms with Gasteiger partial charge in [-0.25, -0.2) is 0 Å². The summed E-state index contributed by atoms with van der Waals surface area (Å²) in [6.07, 6.45) is 0.272. The van der Waals surface area contributed by atoms with Gasteiger partial charge in [-0.3, -0.25) is 9.69 Å². The number of ether oxygens (including phenoxy) is 1. The number of nitrogens with zero attached hydrogens (tertiary/aromatic N) is 2. The molecule has 138 valence electrons.